The molecule has 1 atom stereocenters. The van der Waals surface area contributed by atoms with Crippen LogP contribution in [-0.2, 0) is 10.0 Å². The van der Waals surface area contributed by atoms with Crippen molar-refractivity contribution in [3.63, 3.8) is 0 Å². The van der Waals surface area contributed by atoms with E-state index in [4.69, 9.17) is 10.4 Å². The molecular weight excluding hydrogens is 278 g/mol. The van der Waals surface area contributed by atoms with E-state index in [0.717, 1.165) is 15.6 Å². The smallest absolute Gasteiger partial charge is 0.356 e. The number of aromatic nitrogens is 1. The Kier molecular flexibility index (Phi) is 4.39. The number of sulfonamides is 1. The Balaban J connectivity index is 3.18. The first-order valence-corrected chi connectivity index (χ1v) is 7.16. The van der Waals surface area contributed by atoms with E-state index in [2.05, 4.69) is 4.98 Å². The SMILES string of the molecule is CC(CC#N)N(C)S(=O)(=O)c1scnc1C(=O)O. The minimum absolute atomic E-state index is 0.0247. The van der Waals surface area contributed by atoms with E-state index >= 15 is 0 Å². The van der Waals surface area contributed by atoms with Crippen LogP contribution in [0.1, 0.15) is 23.8 Å². The second-order valence-electron chi connectivity index (χ2n) is 3.53. The zero-order valence-electron chi connectivity index (χ0n) is 9.69. The quantitative estimate of drug-likeness (QED) is 0.856. The van der Waals surface area contributed by atoms with Crippen molar-refractivity contribution < 1.29 is 18.3 Å². The van der Waals surface area contributed by atoms with Crippen LogP contribution in [0.5, 0.6) is 0 Å². The van der Waals surface area contributed by atoms with Crippen molar-refractivity contribution >= 4 is 27.3 Å². The fourth-order valence-electron chi connectivity index (χ4n) is 1.19. The molecule has 7 nitrogen and oxygen atoms in total. The van der Waals surface area contributed by atoms with Crippen LogP contribution in [-0.4, -0.2) is 41.9 Å². The van der Waals surface area contributed by atoms with Crippen LogP contribution in [0.25, 0.3) is 0 Å². The van der Waals surface area contributed by atoms with Crippen molar-refractivity contribution in [1.82, 2.24) is 9.29 Å². The molecule has 1 aromatic heterocycles. The normalized spacial score (nSPS) is 13.2. The highest BCUT2D eigenvalue weighted by molar-refractivity contribution is 7.91. The number of nitriles is 1. The third kappa shape index (κ3) is 2.66. The number of carbonyl (C=O) groups is 1. The minimum Gasteiger partial charge on any atom is -0.476 e. The van der Waals surface area contributed by atoms with Crippen LogP contribution in [0, 0.1) is 11.3 Å². The number of carboxylic acid groups (broad SMARTS) is 1. The molecule has 0 radical (unpaired) electrons. The van der Waals surface area contributed by atoms with Gasteiger partial charge in [0.2, 0.25) is 0 Å². The molecule has 0 fully saturated rings. The lowest BCUT2D eigenvalue weighted by molar-refractivity contribution is 0.0687. The van der Waals surface area contributed by atoms with Gasteiger partial charge in [-0.1, -0.05) is 0 Å². The van der Waals surface area contributed by atoms with Gasteiger partial charge < -0.3 is 5.11 Å². The van der Waals surface area contributed by atoms with Crippen molar-refractivity contribution in [3.05, 3.63) is 11.2 Å². The highest BCUT2D eigenvalue weighted by Crippen LogP contribution is 2.25. The van der Waals surface area contributed by atoms with Crippen molar-refractivity contribution in [3.8, 4) is 6.07 Å². The molecular formula is C9H11N3O4S2. The Labute approximate surface area is 108 Å². The summed E-state index contributed by atoms with van der Waals surface area (Å²) in [7, 11) is -2.63. The summed E-state index contributed by atoms with van der Waals surface area (Å²) in [5.41, 5.74) is 0.676. The van der Waals surface area contributed by atoms with Gasteiger partial charge in [0, 0.05) is 13.1 Å². The Morgan fingerprint density at radius 1 is 1.72 bits per heavy atom. The van der Waals surface area contributed by atoms with Gasteiger partial charge in [0.1, 0.15) is 0 Å². The standard InChI is InChI=1S/C9H11N3O4S2/c1-6(3-4-10)12(2)18(15,16)9-7(8(13)14)11-5-17-9/h5-6H,3H2,1-2H3,(H,13,14). The molecule has 0 aliphatic carbocycles. The van der Waals surface area contributed by atoms with Crippen molar-refractivity contribution in [2.24, 2.45) is 0 Å². The lowest BCUT2D eigenvalue weighted by Gasteiger charge is -2.21. The van der Waals surface area contributed by atoms with Gasteiger partial charge in [-0.2, -0.15) is 9.57 Å². The van der Waals surface area contributed by atoms with Crippen LogP contribution in [0.4, 0.5) is 0 Å². The second kappa shape index (κ2) is 5.43. The van der Waals surface area contributed by atoms with Gasteiger partial charge >= 0.3 is 5.97 Å². The minimum atomic E-state index is -3.94. The van der Waals surface area contributed by atoms with E-state index in [9.17, 15) is 13.2 Å². The van der Waals surface area contributed by atoms with Gasteiger partial charge in [-0.25, -0.2) is 18.2 Å². The summed E-state index contributed by atoms with van der Waals surface area (Å²) in [6.07, 6.45) is 0.0247. The molecule has 0 spiro atoms. The first-order chi connectivity index (χ1) is 8.32. The molecule has 0 amide bonds. The lowest BCUT2D eigenvalue weighted by Crippen LogP contribution is -2.35. The summed E-state index contributed by atoms with van der Waals surface area (Å²) in [6.45, 7) is 1.57. The molecule has 0 aliphatic rings. The molecule has 1 unspecified atom stereocenters. The van der Waals surface area contributed by atoms with Gasteiger partial charge in [0.05, 0.1) is 18.0 Å². The molecule has 18 heavy (non-hydrogen) atoms. The number of hydrogen-bond acceptors (Lipinski definition) is 6. The van der Waals surface area contributed by atoms with Gasteiger partial charge in [-0.15, -0.1) is 11.3 Å². The first-order valence-electron chi connectivity index (χ1n) is 4.84. The monoisotopic (exact) mass is 289 g/mol. The molecule has 1 rings (SSSR count). The third-order valence-electron chi connectivity index (χ3n) is 2.36. The van der Waals surface area contributed by atoms with Gasteiger partial charge in [0.15, 0.2) is 9.90 Å². The number of aromatic carboxylic acids is 1. The molecule has 1 heterocycles. The van der Waals surface area contributed by atoms with Crippen LogP contribution < -0.4 is 0 Å². The van der Waals surface area contributed by atoms with Crippen molar-refractivity contribution in [2.75, 3.05) is 7.05 Å². The van der Waals surface area contributed by atoms with Gasteiger partial charge in [0.25, 0.3) is 10.0 Å². The summed E-state index contributed by atoms with van der Waals surface area (Å²) in [6, 6.07) is 1.33. The van der Waals surface area contributed by atoms with E-state index in [-0.39, 0.29) is 10.6 Å². The maximum Gasteiger partial charge on any atom is 0.356 e. The topological polar surface area (TPSA) is 111 Å². The number of hydrogen-bond donors (Lipinski definition) is 1. The first kappa shape index (κ1) is 14.6. The molecule has 0 bridgehead atoms. The number of rotatable bonds is 5. The molecule has 98 valence electrons. The predicted molar refractivity (Wildman–Crippen MR) is 63.7 cm³/mol. The molecule has 0 saturated heterocycles. The van der Waals surface area contributed by atoms with E-state index < -0.39 is 27.7 Å². The van der Waals surface area contributed by atoms with E-state index in [1.54, 1.807) is 6.92 Å². The second-order valence-corrected chi connectivity index (χ2v) is 6.57. The Bertz CT molecular complexity index is 587. The summed E-state index contributed by atoms with van der Waals surface area (Å²) >= 11 is 0.744. The largest absolute Gasteiger partial charge is 0.476 e. The fraction of sp³-hybridized carbons (Fsp3) is 0.444. The summed E-state index contributed by atoms with van der Waals surface area (Å²) in [4.78, 5) is 14.4. The number of nitrogens with zero attached hydrogens (tertiary/aromatic N) is 3. The number of thiazole rings is 1. The van der Waals surface area contributed by atoms with E-state index in [0.29, 0.717) is 0 Å². The summed E-state index contributed by atoms with van der Waals surface area (Å²) in [5.74, 6) is -1.39. The molecule has 1 aromatic rings. The predicted octanol–water partition coefficient (Wildman–Crippen LogP) is 0.764. The maximum atomic E-state index is 12.2. The Morgan fingerprint density at radius 3 is 2.83 bits per heavy atom. The number of carboxylic acids is 1. The maximum absolute atomic E-state index is 12.2. The highest BCUT2D eigenvalue weighted by Gasteiger charge is 2.31. The van der Waals surface area contributed by atoms with Crippen molar-refractivity contribution in [1.29, 1.82) is 5.26 Å². The average molecular weight is 289 g/mol. The summed E-state index contributed by atoms with van der Waals surface area (Å²) < 4.78 is 25.0. The van der Waals surface area contributed by atoms with Crippen LogP contribution >= 0.6 is 11.3 Å². The lowest BCUT2D eigenvalue weighted by atomic mass is 10.3. The van der Waals surface area contributed by atoms with E-state index in [1.165, 1.54) is 12.6 Å². The van der Waals surface area contributed by atoms with Gasteiger partial charge in [-0.3, -0.25) is 0 Å². The Hall–Kier alpha value is -1.50. The van der Waals surface area contributed by atoms with Crippen LogP contribution in [0.2, 0.25) is 0 Å². The Morgan fingerprint density at radius 2 is 2.33 bits per heavy atom. The zero-order valence-corrected chi connectivity index (χ0v) is 11.3. The molecule has 0 saturated carbocycles. The molecule has 0 aromatic carbocycles. The summed E-state index contributed by atoms with van der Waals surface area (Å²) in [5, 5.41) is 17.4. The van der Waals surface area contributed by atoms with Crippen LogP contribution in [0.3, 0.4) is 0 Å². The molecule has 1 N–H and O–H groups in total. The third-order valence-corrected chi connectivity index (χ3v) is 5.68. The zero-order chi connectivity index (χ0) is 13.9. The average Bonchev–Trinajstić information content (AvgIpc) is 2.77. The van der Waals surface area contributed by atoms with E-state index in [1.807, 2.05) is 6.07 Å². The molecule has 0 aliphatic heterocycles. The van der Waals surface area contributed by atoms with Crippen LogP contribution in [0.15, 0.2) is 9.72 Å². The van der Waals surface area contributed by atoms with Gasteiger partial charge in [-0.05, 0) is 6.92 Å². The molecule has 9 heteroatoms. The van der Waals surface area contributed by atoms with Crippen molar-refractivity contribution in [2.45, 2.75) is 23.6 Å². The fourth-order valence-corrected chi connectivity index (χ4v) is 3.86. The highest BCUT2D eigenvalue weighted by atomic mass is 32.2.